The van der Waals surface area contributed by atoms with Crippen molar-refractivity contribution < 1.29 is 8.83 Å². The fraction of sp³-hybridized carbons (Fsp3) is 0. The fourth-order valence-corrected chi connectivity index (χ4v) is 16.4. The molecule has 454 valence electrons. The first-order chi connectivity index (χ1) is 48.6. The third-order valence-electron chi connectivity index (χ3n) is 20.7. The van der Waals surface area contributed by atoms with Gasteiger partial charge >= 0.3 is 0 Å². The van der Waals surface area contributed by atoms with Crippen LogP contribution in [-0.4, -0.2) is 0 Å². The van der Waals surface area contributed by atoms with Gasteiger partial charge in [-0.25, -0.2) is 0 Å². The maximum absolute atomic E-state index is 6.32. The number of hydrogen-bond donors (Lipinski definition) is 0. The maximum Gasteiger partial charge on any atom is 0.136 e. The van der Waals surface area contributed by atoms with Crippen LogP contribution < -0.4 is 0 Å². The molecule has 2 heterocycles. The van der Waals surface area contributed by atoms with Crippen molar-refractivity contribution in [2.45, 2.75) is 0 Å². The zero-order chi connectivity index (χ0) is 64.4. The molecule has 0 bridgehead atoms. The van der Waals surface area contributed by atoms with Crippen LogP contribution in [-0.2, 0) is 0 Å². The van der Waals surface area contributed by atoms with E-state index in [9.17, 15) is 0 Å². The first kappa shape index (κ1) is 55.6. The lowest BCUT2D eigenvalue weighted by molar-refractivity contribution is 0.669. The van der Waals surface area contributed by atoms with E-state index in [1.165, 1.54) is 186 Å². The predicted molar refractivity (Wildman–Crippen MR) is 416 cm³/mol. The number of hydrogen-bond acceptors (Lipinski definition) is 2. The highest BCUT2D eigenvalue weighted by Gasteiger charge is 2.24. The topological polar surface area (TPSA) is 26.3 Å². The maximum atomic E-state index is 6.32. The van der Waals surface area contributed by atoms with Crippen molar-refractivity contribution >= 4 is 119 Å². The zero-order valence-corrected chi connectivity index (χ0v) is 53.3. The molecule has 0 aliphatic rings. The summed E-state index contributed by atoms with van der Waals surface area (Å²) in [6.45, 7) is 0. The van der Waals surface area contributed by atoms with Gasteiger partial charge in [-0.15, -0.1) is 0 Å². The minimum Gasteiger partial charge on any atom is -0.456 e. The summed E-state index contributed by atoms with van der Waals surface area (Å²) in [6, 6.07) is 128. The summed E-state index contributed by atoms with van der Waals surface area (Å²) in [5.74, 6) is 0. The Labute approximate surface area is 565 Å². The van der Waals surface area contributed by atoms with E-state index in [4.69, 9.17) is 8.83 Å². The average molecular weight is 1240 g/mol. The van der Waals surface area contributed by atoms with Gasteiger partial charge in [0.15, 0.2) is 0 Å². The molecule has 0 radical (unpaired) electrons. The van der Waals surface area contributed by atoms with Gasteiger partial charge in [0.25, 0.3) is 0 Å². The number of benzene rings is 19. The average Bonchev–Trinajstić information content (AvgIpc) is 1.01. The van der Waals surface area contributed by atoms with Crippen molar-refractivity contribution in [3.8, 4) is 89.0 Å². The molecule has 0 saturated carbocycles. The van der Waals surface area contributed by atoms with Gasteiger partial charge in [-0.05, 0) is 201 Å². The summed E-state index contributed by atoms with van der Waals surface area (Å²) >= 11 is 0. The van der Waals surface area contributed by atoms with E-state index in [-0.39, 0.29) is 0 Å². The van der Waals surface area contributed by atoms with Gasteiger partial charge in [0, 0.05) is 21.5 Å². The standard InChI is InChI=1S/C50H30O.C46H28O/c1-2-12-31(13-3-1)33-15-10-16-34(30-33)47-39-19-6-8-21-41(39)49(42-22-9-7-20-40(42)47)43-27-26-37(35-17-4-5-18-36(35)43)38-28-29-46-50-44(38)25-24-32-14-11-23-45(51-46)48(32)50;1-2-10-29(11-3-1)30-20-22-32(23-21-30)43-36-15-4-6-17-38(36)44(39-18-7-5-16-37(39)43)34-14-8-13-33(28-34)35-26-27-42-46-40(35)25-24-31-12-9-19-41(47-42)45(31)46/h1-30H;1-28H. The Hall–Kier alpha value is -12.9. The zero-order valence-electron chi connectivity index (χ0n) is 53.3. The van der Waals surface area contributed by atoms with Gasteiger partial charge in [-0.2, -0.15) is 0 Å². The highest BCUT2D eigenvalue weighted by Crippen LogP contribution is 2.51. The van der Waals surface area contributed by atoms with Crippen molar-refractivity contribution in [3.63, 3.8) is 0 Å². The molecule has 2 aromatic heterocycles. The largest absolute Gasteiger partial charge is 0.456 e. The van der Waals surface area contributed by atoms with Crippen LogP contribution in [0.5, 0.6) is 0 Å². The molecule has 98 heavy (non-hydrogen) atoms. The van der Waals surface area contributed by atoms with Gasteiger partial charge in [0.1, 0.15) is 22.3 Å². The molecule has 2 heteroatoms. The van der Waals surface area contributed by atoms with E-state index in [1.54, 1.807) is 0 Å². The van der Waals surface area contributed by atoms with Crippen molar-refractivity contribution in [1.82, 2.24) is 0 Å². The Bertz CT molecular complexity index is 6590. The lowest BCUT2D eigenvalue weighted by Crippen LogP contribution is -1.93. The molecule has 0 atom stereocenters. The monoisotopic (exact) mass is 1240 g/mol. The second-order valence-corrected chi connectivity index (χ2v) is 26.0. The number of furan rings is 2. The molecule has 0 aliphatic heterocycles. The molecule has 0 aliphatic carbocycles. The third kappa shape index (κ3) is 8.75. The Morgan fingerprint density at radius 1 is 0.143 bits per heavy atom. The lowest BCUT2D eigenvalue weighted by atomic mass is 9.83. The van der Waals surface area contributed by atoms with Crippen molar-refractivity contribution in [2.75, 3.05) is 0 Å². The van der Waals surface area contributed by atoms with Crippen molar-refractivity contribution in [3.05, 3.63) is 352 Å². The molecule has 2 nitrogen and oxygen atoms in total. The highest BCUT2D eigenvalue weighted by atomic mass is 16.3. The molecule has 0 amide bonds. The van der Waals surface area contributed by atoms with E-state index < -0.39 is 0 Å². The summed E-state index contributed by atoms with van der Waals surface area (Å²) in [7, 11) is 0. The van der Waals surface area contributed by atoms with E-state index in [0.29, 0.717) is 0 Å². The second kappa shape index (κ2) is 22.4. The van der Waals surface area contributed by atoms with Gasteiger partial charge in [-0.3, -0.25) is 0 Å². The van der Waals surface area contributed by atoms with Crippen LogP contribution in [0.1, 0.15) is 0 Å². The Balaban J connectivity index is 0.000000133. The smallest absolute Gasteiger partial charge is 0.136 e. The molecule has 19 aromatic carbocycles. The first-order valence-electron chi connectivity index (χ1n) is 33.8. The summed E-state index contributed by atoms with van der Waals surface area (Å²) in [6.07, 6.45) is 0. The lowest BCUT2D eigenvalue weighted by Gasteiger charge is -2.20. The molecule has 0 spiro atoms. The summed E-state index contributed by atoms with van der Waals surface area (Å²) in [4.78, 5) is 0. The first-order valence-corrected chi connectivity index (χ1v) is 33.8. The van der Waals surface area contributed by atoms with E-state index in [2.05, 4.69) is 352 Å². The van der Waals surface area contributed by atoms with Crippen LogP contribution >= 0.6 is 0 Å². The van der Waals surface area contributed by atoms with Crippen LogP contribution in [0.25, 0.3) is 208 Å². The minimum atomic E-state index is 0.939. The Kier molecular flexibility index (Phi) is 12.7. The predicted octanol–water partition coefficient (Wildman–Crippen LogP) is 27.5. The van der Waals surface area contributed by atoms with Crippen LogP contribution in [0.15, 0.2) is 361 Å². The van der Waals surface area contributed by atoms with Gasteiger partial charge in [0.2, 0.25) is 0 Å². The molecule has 21 aromatic rings. The molecule has 0 fully saturated rings. The Morgan fingerprint density at radius 2 is 0.459 bits per heavy atom. The van der Waals surface area contributed by atoms with Crippen LogP contribution in [0.2, 0.25) is 0 Å². The molecule has 0 saturated heterocycles. The van der Waals surface area contributed by atoms with Gasteiger partial charge in [-0.1, -0.05) is 315 Å². The Morgan fingerprint density at radius 3 is 0.969 bits per heavy atom. The minimum absolute atomic E-state index is 0.939. The second-order valence-electron chi connectivity index (χ2n) is 26.0. The highest BCUT2D eigenvalue weighted by molar-refractivity contribution is 6.29. The summed E-state index contributed by atoms with van der Waals surface area (Å²) in [5, 5.41) is 22.3. The quantitative estimate of drug-likeness (QED) is 0.112. The van der Waals surface area contributed by atoms with Crippen molar-refractivity contribution in [1.29, 1.82) is 0 Å². The van der Waals surface area contributed by atoms with E-state index in [0.717, 1.165) is 22.3 Å². The molecular weight excluding hydrogens is 1190 g/mol. The fourth-order valence-electron chi connectivity index (χ4n) is 16.4. The van der Waals surface area contributed by atoms with E-state index in [1.807, 2.05) is 0 Å². The van der Waals surface area contributed by atoms with E-state index >= 15 is 0 Å². The normalized spacial score (nSPS) is 11.9. The van der Waals surface area contributed by atoms with Crippen LogP contribution in [0, 0.1) is 0 Å². The van der Waals surface area contributed by atoms with Crippen LogP contribution in [0.4, 0.5) is 0 Å². The third-order valence-corrected chi connectivity index (χ3v) is 20.7. The molecule has 0 N–H and O–H groups in total. The number of fused-ring (bicyclic) bond motifs is 5. The summed E-state index contributed by atoms with van der Waals surface area (Å²) < 4.78 is 12.6. The van der Waals surface area contributed by atoms with Gasteiger partial charge < -0.3 is 8.83 Å². The molecule has 21 rings (SSSR count). The molecule has 0 unspecified atom stereocenters. The summed E-state index contributed by atoms with van der Waals surface area (Å²) in [5.41, 5.74) is 23.5. The molecular formula is C96H58O2. The van der Waals surface area contributed by atoms with Crippen LogP contribution in [0.3, 0.4) is 0 Å². The SMILES string of the molecule is c1ccc(-c2ccc(-c3c4ccccc4c(-c4cccc(-c5ccc6oc7cccc8ccc5c6c87)c4)c4ccccc34)cc2)cc1.c1ccc(-c2cccc(-c3c4ccccc4c(-c4ccc(-c5ccc6oc7cccc8ccc5c6c87)c5ccccc45)c4ccccc34)c2)cc1. The van der Waals surface area contributed by atoms with Crippen molar-refractivity contribution in [2.24, 2.45) is 0 Å². The number of rotatable bonds is 8. The van der Waals surface area contributed by atoms with Gasteiger partial charge in [0.05, 0.1) is 0 Å².